The van der Waals surface area contributed by atoms with Crippen molar-refractivity contribution < 1.29 is 48.0 Å². The van der Waals surface area contributed by atoms with Gasteiger partial charge in [0.15, 0.2) is 0 Å². The molecule has 572 valence electrons. The quantitative estimate of drug-likeness (QED) is 0.0721. The molecule has 0 bridgehead atoms. The van der Waals surface area contributed by atoms with Crippen LogP contribution in [0.15, 0.2) is 164 Å². The van der Waals surface area contributed by atoms with Crippen LogP contribution < -0.4 is 0 Å². The van der Waals surface area contributed by atoms with Crippen LogP contribution in [0.4, 0.5) is 3.89 Å². The lowest BCUT2D eigenvalue weighted by molar-refractivity contribution is -0.138. The fraction of sp³-hybridized carbons (Fsp3) is 0.318. The Labute approximate surface area is 649 Å². The fourth-order valence-corrected chi connectivity index (χ4v) is 16.4. The third-order valence-corrected chi connectivity index (χ3v) is 22.0. The molecule has 3 amide bonds. The van der Waals surface area contributed by atoms with E-state index in [0.29, 0.717) is 56.0 Å². The molecule has 0 radical (unpaired) electrons. The van der Waals surface area contributed by atoms with Gasteiger partial charge in [-0.05, 0) is 236 Å². The van der Waals surface area contributed by atoms with E-state index in [9.17, 15) is 48.0 Å². The molecule has 3 N–H and O–H groups in total. The van der Waals surface area contributed by atoms with Gasteiger partial charge in [-0.3, -0.25) is 28.8 Å². The minimum atomic E-state index is -0.854. The molecule has 3 atom stereocenters. The third-order valence-electron chi connectivity index (χ3n) is 22.0. The van der Waals surface area contributed by atoms with Gasteiger partial charge < -0.3 is 30.0 Å². The largest absolute Gasteiger partial charge is 0.481 e. The number of nitrogens with zero attached hydrogens (tertiary/aromatic N) is 12. The number of amides is 3. The summed E-state index contributed by atoms with van der Waals surface area (Å²) in [5, 5.41) is 55.3. The van der Waals surface area contributed by atoms with E-state index in [1.807, 2.05) is 198 Å². The molecular formula is C88H93FN12O9S. The predicted molar refractivity (Wildman–Crippen MR) is 429 cm³/mol. The standard InChI is InChI=1S/3C29H30N4O3.CH3FS/c3*1-4-33-26-11-10-24(19(3)28(26)30-31-33)25(16-27(34)35)21-14-18(2)23-12-13-32(17-22(23)15-21)29(36)20-8-6-5-7-9-20;1-3-2/h3*5-11,14-15,25H,4,12-13,16-17H2,1-3H3,(H,34,35);1H3. The molecule has 15 rings (SSSR count). The molecule has 21 nitrogen and oxygen atoms in total. The Balaban J connectivity index is 0.000000152. The lowest BCUT2D eigenvalue weighted by Crippen LogP contribution is -2.36. The number of carbonyl (C=O) groups is 6. The van der Waals surface area contributed by atoms with Crippen LogP contribution in [-0.2, 0) is 72.9 Å². The Morgan fingerprint density at radius 1 is 0.396 bits per heavy atom. The van der Waals surface area contributed by atoms with Crippen LogP contribution in [0.3, 0.4) is 0 Å². The van der Waals surface area contributed by atoms with E-state index in [0.717, 1.165) is 155 Å². The average molecular weight is 1510 g/mol. The van der Waals surface area contributed by atoms with Gasteiger partial charge in [0.05, 0.1) is 35.8 Å². The summed E-state index contributed by atoms with van der Waals surface area (Å²) in [6.07, 6.45) is 3.65. The lowest BCUT2D eigenvalue weighted by atomic mass is 9.82. The summed E-state index contributed by atoms with van der Waals surface area (Å²) in [4.78, 5) is 80.9. The number of hydrogen-bond donors (Lipinski definition) is 3. The van der Waals surface area contributed by atoms with Gasteiger partial charge in [-0.1, -0.05) is 125 Å². The molecular weight excluding hydrogens is 1420 g/mol. The number of aromatic nitrogens is 9. The molecule has 12 aromatic rings. The smallest absolute Gasteiger partial charge is 0.304 e. The van der Waals surface area contributed by atoms with Gasteiger partial charge in [-0.2, -0.15) is 3.89 Å². The van der Waals surface area contributed by atoms with Crippen molar-refractivity contribution in [3.63, 3.8) is 0 Å². The van der Waals surface area contributed by atoms with Gasteiger partial charge in [-0.25, -0.2) is 14.0 Å². The maximum atomic E-state index is 13.1. The SMILES string of the molecule is CCn1nnc2c(C)c(C(CC(=O)O)c3cc(C)c4c(c3)CN(C(=O)c3ccccc3)CC4)ccc21.CCn1nnc2c(C)c(C(CC(=O)O)c3cc(C)c4c(c3)CN(C(=O)c3ccccc3)CC4)ccc21.CCn1nnc2c(C)c(C(CC(=O)O)c3cc(C)c4c(c3)CN(C(=O)c3ccccc3)CC4)ccc21.CSF. The second-order valence-electron chi connectivity index (χ2n) is 28.7. The Hall–Kier alpha value is -11.7. The highest BCUT2D eigenvalue weighted by molar-refractivity contribution is 7.93. The Bertz CT molecular complexity index is 4940. The van der Waals surface area contributed by atoms with E-state index in [1.165, 1.54) is 22.9 Å². The lowest BCUT2D eigenvalue weighted by Gasteiger charge is -2.31. The summed E-state index contributed by atoms with van der Waals surface area (Å²) in [6, 6.07) is 52.7. The summed E-state index contributed by atoms with van der Waals surface area (Å²) >= 11 is 0.250. The maximum absolute atomic E-state index is 13.1. The Morgan fingerprint density at radius 3 is 0.883 bits per heavy atom. The Kier molecular flexibility index (Phi) is 24.8. The zero-order valence-electron chi connectivity index (χ0n) is 64.4. The molecule has 3 unspecified atom stereocenters. The minimum absolute atomic E-state index is 0.0201. The molecule has 23 heteroatoms. The van der Waals surface area contributed by atoms with Crippen molar-refractivity contribution in [2.24, 2.45) is 0 Å². The summed E-state index contributed by atoms with van der Waals surface area (Å²) in [5.74, 6) is -3.49. The predicted octanol–water partition coefficient (Wildman–Crippen LogP) is 15.9. The highest BCUT2D eigenvalue weighted by atomic mass is 32.2. The van der Waals surface area contributed by atoms with Crippen LogP contribution >= 0.6 is 12.1 Å². The molecule has 3 aromatic heterocycles. The number of hydrogen-bond acceptors (Lipinski definition) is 13. The van der Waals surface area contributed by atoms with Crippen molar-refractivity contribution in [1.82, 2.24) is 59.7 Å². The van der Waals surface area contributed by atoms with E-state index < -0.39 is 17.9 Å². The molecule has 0 aliphatic carbocycles. The van der Waals surface area contributed by atoms with Crippen molar-refractivity contribution in [3.8, 4) is 0 Å². The van der Waals surface area contributed by atoms with Crippen LogP contribution in [-0.4, -0.2) is 137 Å². The topological polar surface area (TPSA) is 265 Å². The Morgan fingerprint density at radius 2 is 0.649 bits per heavy atom. The van der Waals surface area contributed by atoms with Gasteiger partial charge >= 0.3 is 17.9 Å². The monoisotopic (exact) mass is 1510 g/mol. The summed E-state index contributed by atoms with van der Waals surface area (Å²) in [7, 11) is 0. The molecule has 0 saturated heterocycles. The van der Waals surface area contributed by atoms with Crippen LogP contribution in [0, 0.1) is 41.5 Å². The highest BCUT2D eigenvalue weighted by Crippen LogP contribution is 2.41. The van der Waals surface area contributed by atoms with Crippen molar-refractivity contribution >= 4 is 80.9 Å². The second kappa shape index (κ2) is 34.9. The van der Waals surface area contributed by atoms with E-state index in [4.69, 9.17) is 0 Å². The van der Waals surface area contributed by atoms with Crippen LogP contribution in [0.5, 0.6) is 0 Å². The van der Waals surface area contributed by atoms with E-state index in [-0.39, 0.29) is 66.9 Å². The number of benzene rings is 9. The molecule has 6 heterocycles. The number of carboxylic acid groups (broad SMARTS) is 3. The van der Waals surface area contributed by atoms with E-state index in [1.54, 1.807) is 0 Å². The van der Waals surface area contributed by atoms with Gasteiger partial charge in [0.25, 0.3) is 17.7 Å². The number of carbonyl (C=O) groups excluding carboxylic acids is 3. The van der Waals surface area contributed by atoms with Crippen molar-refractivity contribution in [1.29, 1.82) is 0 Å². The molecule has 3 aliphatic rings. The molecule has 3 aliphatic heterocycles. The zero-order valence-corrected chi connectivity index (χ0v) is 65.2. The second-order valence-corrected chi connectivity index (χ2v) is 29.0. The number of halogens is 1. The average Bonchev–Trinajstić information content (AvgIpc) is 1.77. The van der Waals surface area contributed by atoms with Gasteiger partial charge in [0, 0.05) is 112 Å². The molecule has 9 aromatic carbocycles. The first-order valence-corrected chi connectivity index (χ1v) is 38.8. The number of fused-ring (bicyclic) bond motifs is 6. The molecule has 0 fully saturated rings. The molecule has 0 saturated carbocycles. The van der Waals surface area contributed by atoms with Crippen LogP contribution in [0.2, 0.25) is 0 Å². The number of aryl methyl sites for hydroxylation is 9. The van der Waals surface area contributed by atoms with Gasteiger partial charge in [0.2, 0.25) is 0 Å². The molecule has 111 heavy (non-hydrogen) atoms. The van der Waals surface area contributed by atoms with Crippen LogP contribution in [0.25, 0.3) is 33.1 Å². The molecule has 0 spiro atoms. The van der Waals surface area contributed by atoms with Gasteiger partial charge in [-0.15, -0.1) is 15.3 Å². The van der Waals surface area contributed by atoms with E-state index >= 15 is 0 Å². The fourth-order valence-electron chi connectivity index (χ4n) is 16.4. The maximum Gasteiger partial charge on any atom is 0.304 e. The number of rotatable bonds is 18. The third kappa shape index (κ3) is 17.0. The first-order valence-electron chi connectivity index (χ1n) is 37.7. The van der Waals surface area contributed by atoms with Crippen LogP contribution in [0.1, 0.15) is 189 Å². The zero-order chi connectivity index (χ0) is 78.9. The highest BCUT2D eigenvalue weighted by Gasteiger charge is 2.32. The normalized spacial score (nSPS) is 13.8. The summed E-state index contributed by atoms with van der Waals surface area (Å²) in [6.45, 7) is 24.0. The van der Waals surface area contributed by atoms with Crippen molar-refractivity contribution in [2.45, 2.75) is 158 Å². The number of carboxylic acids is 3. The number of aliphatic carboxylic acids is 3. The first-order chi connectivity index (χ1) is 53.5. The van der Waals surface area contributed by atoms with Crippen molar-refractivity contribution in [3.05, 3.63) is 281 Å². The van der Waals surface area contributed by atoms with E-state index in [2.05, 4.69) is 88.1 Å². The van der Waals surface area contributed by atoms with Gasteiger partial charge in [0.1, 0.15) is 16.6 Å². The van der Waals surface area contributed by atoms with Crippen molar-refractivity contribution in [2.75, 3.05) is 25.9 Å². The minimum Gasteiger partial charge on any atom is -0.481 e. The summed E-state index contributed by atoms with van der Waals surface area (Å²) in [5.41, 5.74) is 26.3. The summed E-state index contributed by atoms with van der Waals surface area (Å²) < 4.78 is 15.7. The first kappa shape index (κ1) is 78.8.